The summed E-state index contributed by atoms with van der Waals surface area (Å²) >= 11 is 0. The molecule has 7 heteroatoms. The maximum Gasteiger partial charge on any atom is 0.337 e. The molecule has 0 aromatic rings. The van der Waals surface area contributed by atoms with Crippen LogP contribution in [-0.2, 0) is 4.79 Å². The van der Waals surface area contributed by atoms with Gasteiger partial charge in [0, 0.05) is 12.5 Å². The number of carboxylic acid groups (broad SMARTS) is 1. The Balaban J connectivity index is 0. The third kappa shape index (κ3) is 4.35. The second-order valence-electron chi connectivity index (χ2n) is 2.69. The minimum absolute atomic E-state index is 0. The van der Waals surface area contributed by atoms with Crippen LogP contribution >= 0.6 is 12.4 Å². The fraction of sp³-hybridized carbons (Fsp3) is 0.833. The van der Waals surface area contributed by atoms with Crippen molar-refractivity contribution in [2.75, 3.05) is 0 Å². The molecule has 0 saturated heterocycles. The number of hydrogen-bond acceptors (Lipinski definition) is 3. The Morgan fingerprint density at radius 3 is 2.23 bits per heavy atom. The molecule has 0 aliphatic heterocycles. The van der Waals surface area contributed by atoms with Crippen molar-refractivity contribution in [3.05, 3.63) is 0 Å². The van der Waals surface area contributed by atoms with Crippen LogP contribution in [0.3, 0.4) is 0 Å². The molecule has 80 valence electrons. The van der Waals surface area contributed by atoms with Gasteiger partial charge in [-0.15, -0.1) is 12.4 Å². The lowest BCUT2D eigenvalue weighted by molar-refractivity contribution is -0.159. The summed E-state index contributed by atoms with van der Waals surface area (Å²) in [5, 5.41) is 17.4. The van der Waals surface area contributed by atoms with Gasteiger partial charge in [0.25, 0.3) is 0 Å². The number of aliphatic hydroxyl groups is 1. The molecule has 0 fully saturated rings. The Labute approximate surface area is 80.1 Å². The molecule has 13 heavy (non-hydrogen) atoms. The van der Waals surface area contributed by atoms with Crippen LogP contribution in [0.5, 0.6) is 0 Å². The molecule has 0 radical (unpaired) electrons. The summed E-state index contributed by atoms with van der Waals surface area (Å²) in [6.07, 6.45) is -3.55. The third-order valence-corrected chi connectivity index (χ3v) is 1.59. The van der Waals surface area contributed by atoms with Gasteiger partial charge in [0.15, 0.2) is 5.60 Å². The molecule has 0 aromatic heterocycles. The molecular formula is C6H12ClF2NO3. The number of aliphatic carboxylic acids is 1. The van der Waals surface area contributed by atoms with Crippen LogP contribution in [0.2, 0.25) is 0 Å². The van der Waals surface area contributed by atoms with E-state index in [0.29, 0.717) is 0 Å². The van der Waals surface area contributed by atoms with Crippen molar-refractivity contribution in [3.8, 4) is 0 Å². The van der Waals surface area contributed by atoms with E-state index < -0.39 is 30.5 Å². The number of rotatable bonds is 4. The van der Waals surface area contributed by atoms with Crippen LogP contribution in [0, 0.1) is 0 Å². The van der Waals surface area contributed by atoms with E-state index in [0.717, 1.165) is 6.92 Å². The fourth-order valence-electron chi connectivity index (χ4n) is 0.580. The smallest absolute Gasteiger partial charge is 0.337 e. The number of carboxylic acids is 1. The lowest BCUT2D eigenvalue weighted by atomic mass is 9.95. The van der Waals surface area contributed by atoms with E-state index in [-0.39, 0.29) is 12.4 Å². The zero-order valence-corrected chi connectivity index (χ0v) is 7.72. The molecule has 2 atom stereocenters. The summed E-state index contributed by atoms with van der Waals surface area (Å²) < 4.78 is 23.4. The van der Waals surface area contributed by atoms with Crippen LogP contribution in [0.25, 0.3) is 0 Å². The van der Waals surface area contributed by atoms with E-state index in [9.17, 15) is 13.6 Å². The highest BCUT2D eigenvalue weighted by Crippen LogP contribution is 2.14. The van der Waals surface area contributed by atoms with Gasteiger partial charge in [0.1, 0.15) is 0 Å². The van der Waals surface area contributed by atoms with Crippen molar-refractivity contribution in [3.63, 3.8) is 0 Å². The van der Waals surface area contributed by atoms with Crippen LogP contribution in [0.4, 0.5) is 8.78 Å². The van der Waals surface area contributed by atoms with Crippen molar-refractivity contribution >= 4 is 18.4 Å². The molecule has 0 aliphatic rings. The molecule has 0 heterocycles. The van der Waals surface area contributed by atoms with E-state index in [1.807, 2.05) is 0 Å². The first-order valence-corrected chi connectivity index (χ1v) is 3.28. The van der Waals surface area contributed by atoms with Crippen molar-refractivity contribution in [2.45, 2.75) is 31.4 Å². The SMILES string of the molecule is C[C@](O)(C(=O)O)[C@@H](N)CC(F)F.Cl. The molecule has 0 saturated carbocycles. The average Bonchev–Trinajstić information content (AvgIpc) is 1.85. The summed E-state index contributed by atoms with van der Waals surface area (Å²) in [6.45, 7) is 0.891. The molecule has 0 rings (SSSR count). The fourth-order valence-corrected chi connectivity index (χ4v) is 0.580. The van der Waals surface area contributed by atoms with Crippen LogP contribution in [-0.4, -0.2) is 34.3 Å². The van der Waals surface area contributed by atoms with Crippen LogP contribution in [0.15, 0.2) is 0 Å². The average molecular weight is 220 g/mol. The number of nitrogens with two attached hydrogens (primary N) is 1. The highest BCUT2D eigenvalue weighted by atomic mass is 35.5. The zero-order chi connectivity index (χ0) is 9.94. The largest absolute Gasteiger partial charge is 0.479 e. The summed E-state index contributed by atoms with van der Waals surface area (Å²) in [4.78, 5) is 10.3. The molecule has 4 N–H and O–H groups in total. The molecule has 4 nitrogen and oxygen atoms in total. The first kappa shape index (κ1) is 15.0. The molecule has 0 spiro atoms. The van der Waals surface area contributed by atoms with E-state index in [1.54, 1.807) is 0 Å². The summed E-state index contributed by atoms with van der Waals surface area (Å²) in [7, 11) is 0. The summed E-state index contributed by atoms with van der Waals surface area (Å²) in [5.74, 6) is -1.60. The highest BCUT2D eigenvalue weighted by Gasteiger charge is 2.38. The van der Waals surface area contributed by atoms with Crippen molar-refractivity contribution in [2.24, 2.45) is 5.73 Å². The Hall–Kier alpha value is -0.460. The van der Waals surface area contributed by atoms with Gasteiger partial charge in [-0.25, -0.2) is 13.6 Å². The van der Waals surface area contributed by atoms with Gasteiger partial charge in [-0.3, -0.25) is 0 Å². The molecule has 0 aliphatic carbocycles. The molecule has 0 bridgehead atoms. The van der Waals surface area contributed by atoms with Gasteiger partial charge in [0.2, 0.25) is 6.43 Å². The molecule has 0 aromatic carbocycles. The van der Waals surface area contributed by atoms with Crippen molar-refractivity contribution < 1.29 is 23.8 Å². The minimum atomic E-state index is -2.72. The standard InChI is InChI=1S/C6H11F2NO3.ClH/c1-6(12,5(10)11)3(9)2-4(7)8;/h3-4,12H,2,9H2,1H3,(H,10,11);1H/t3-,6+;/m0./s1. The maximum absolute atomic E-state index is 11.7. The van der Waals surface area contributed by atoms with Crippen LogP contribution in [0.1, 0.15) is 13.3 Å². The molecule has 0 amide bonds. The second-order valence-corrected chi connectivity index (χ2v) is 2.69. The number of carbonyl (C=O) groups is 1. The maximum atomic E-state index is 11.7. The second kappa shape index (κ2) is 5.31. The van der Waals surface area contributed by atoms with E-state index in [1.165, 1.54) is 0 Å². The molecule has 0 unspecified atom stereocenters. The Morgan fingerprint density at radius 2 is 2.00 bits per heavy atom. The predicted octanol–water partition coefficient (Wildman–Crippen LogP) is 0.226. The number of hydrogen-bond donors (Lipinski definition) is 3. The molecular weight excluding hydrogens is 208 g/mol. The normalized spacial score (nSPS) is 17.4. The first-order valence-electron chi connectivity index (χ1n) is 3.28. The van der Waals surface area contributed by atoms with E-state index >= 15 is 0 Å². The summed E-state index contributed by atoms with van der Waals surface area (Å²) in [5.41, 5.74) is 2.75. The van der Waals surface area contributed by atoms with Crippen molar-refractivity contribution in [1.29, 1.82) is 0 Å². The highest BCUT2D eigenvalue weighted by molar-refractivity contribution is 5.85. The van der Waals surface area contributed by atoms with Gasteiger partial charge in [-0.1, -0.05) is 0 Å². The van der Waals surface area contributed by atoms with Gasteiger partial charge in [-0.05, 0) is 6.92 Å². The number of alkyl halides is 2. The minimum Gasteiger partial charge on any atom is -0.479 e. The van der Waals surface area contributed by atoms with Gasteiger partial charge < -0.3 is 15.9 Å². The van der Waals surface area contributed by atoms with E-state index in [2.05, 4.69) is 0 Å². The number of halogens is 3. The van der Waals surface area contributed by atoms with Gasteiger partial charge in [0.05, 0.1) is 0 Å². The predicted molar refractivity (Wildman–Crippen MR) is 44.1 cm³/mol. The van der Waals surface area contributed by atoms with Gasteiger partial charge >= 0.3 is 5.97 Å². The van der Waals surface area contributed by atoms with Crippen molar-refractivity contribution in [1.82, 2.24) is 0 Å². The lowest BCUT2D eigenvalue weighted by Gasteiger charge is -2.24. The zero-order valence-electron chi connectivity index (χ0n) is 6.91. The third-order valence-electron chi connectivity index (χ3n) is 1.59. The van der Waals surface area contributed by atoms with Crippen LogP contribution < -0.4 is 5.73 Å². The quantitative estimate of drug-likeness (QED) is 0.632. The first-order chi connectivity index (χ1) is 5.28. The Morgan fingerprint density at radius 1 is 1.62 bits per heavy atom. The van der Waals surface area contributed by atoms with E-state index in [4.69, 9.17) is 15.9 Å². The lowest BCUT2D eigenvalue weighted by Crippen LogP contribution is -2.52. The monoisotopic (exact) mass is 219 g/mol. The van der Waals surface area contributed by atoms with Gasteiger partial charge in [-0.2, -0.15) is 0 Å². The Bertz CT molecular complexity index is 177. The topological polar surface area (TPSA) is 83.5 Å². The Kier molecular flexibility index (Phi) is 6.14. The summed E-state index contributed by atoms with van der Waals surface area (Å²) in [6, 6.07) is -1.46.